The van der Waals surface area contributed by atoms with Crippen LogP contribution in [0.5, 0.6) is 11.5 Å². The third kappa shape index (κ3) is 7.12. The maximum absolute atomic E-state index is 15.2. The highest BCUT2D eigenvalue weighted by Gasteiger charge is 2.34. The number of benzene rings is 2. The van der Waals surface area contributed by atoms with Gasteiger partial charge in [-0.1, -0.05) is 11.6 Å². The van der Waals surface area contributed by atoms with Crippen molar-refractivity contribution < 1.29 is 23.1 Å². The molecule has 2 amide bonds. The van der Waals surface area contributed by atoms with Crippen LogP contribution in [0, 0.1) is 24.5 Å². The number of imide groups is 1. The van der Waals surface area contributed by atoms with Crippen LogP contribution in [0.15, 0.2) is 48.8 Å². The monoisotopic (exact) mass is 757 g/mol. The molecule has 3 fully saturated rings. The van der Waals surface area contributed by atoms with Crippen molar-refractivity contribution in [2.75, 3.05) is 49.1 Å². The molecule has 5 aromatic rings. The Balaban J connectivity index is 0.849. The molecule has 3 saturated heterocycles. The minimum absolute atomic E-state index is 0.0657. The Labute approximate surface area is 316 Å². The van der Waals surface area contributed by atoms with E-state index in [-0.39, 0.29) is 18.4 Å². The standard InChI is InChI=1S/C39H42ClF2N9O3/c1-22-19-51(25-4-6-27(7-5-25)54-36-30(40)18-43-38-35(36)45-37(46-38)29-21-48(3)47-23(29)2)15-14-50(22)20-24-10-12-49(13-11-24)26-16-31(41)34(32(42)17-26)28-8-9-33(52)44-39(28)53/h4-7,16-18,21-22,24,28H,8-15,19-20H2,1-3H3,(H,43,45,46)(H,44,52,53)/t22-,28-/m1/s1. The first-order valence-electron chi connectivity index (χ1n) is 18.4. The number of halogens is 3. The van der Waals surface area contributed by atoms with E-state index in [1.165, 1.54) is 12.1 Å². The van der Waals surface area contributed by atoms with Gasteiger partial charge in [0.2, 0.25) is 11.8 Å². The molecule has 0 bridgehead atoms. The van der Waals surface area contributed by atoms with E-state index in [1.54, 1.807) is 10.9 Å². The number of anilines is 2. The number of piperidine rings is 2. The van der Waals surface area contributed by atoms with Crippen LogP contribution in [0.3, 0.4) is 0 Å². The first-order chi connectivity index (χ1) is 26.0. The number of carbonyl (C=O) groups excluding carboxylic acids is 2. The Hall–Kier alpha value is -5.08. The highest BCUT2D eigenvalue weighted by atomic mass is 35.5. The molecule has 6 heterocycles. The van der Waals surface area contributed by atoms with E-state index >= 15 is 8.78 Å². The van der Waals surface area contributed by atoms with Gasteiger partial charge in [0.1, 0.15) is 33.7 Å². The molecular formula is C39H42ClF2N9O3. The van der Waals surface area contributed by atoms with Crippen LogP contribution in [0.4, 0.5) is 20.2 Å². The molecule has 12 nitrogen and oxygen atoms in total. The van der Waals surface area contributed by atoms with Crippen molar-refractivity contribution in [3.8, 4) is 22.9 Å². The molecule has 8 rings (SSSR count). The van der Waals surface area contributed by atoms with E-state index in [4.69, 9.17) is 16.3 Å². The van der Waals surface area contributed by atoms with Crippen molar-refractivity contribution in [1.29, 1.82) is 0 Å². The maximum atomic E-state index is 15.2. The van der Waals surface area contributed by atoms with E-state index in [2.05, 4.69) is 54.2 Å². The number of aromatic nitrogens is 5. The van der Waals surface area contributed by atoms with Gasteiger partial charge >= 0.3 is 0 Å². The Bertz CT molecular complexity index is 2190. The van der Waals surface area contributed by atoms with E-state index in [0.717, 1.165) is 56.0 Å². The van der Waals surface area contributed by atoms with Crippen LogP contribution in [0.25, 0.3) is 22.6 Å². The number of amides is 2. The number of pyridine rings is 1. The van der Waals surface area contributed by atoms with Gasteiger partial charge in [0.15, 0.2) is 11.4 Å². The average Bonchev–Trinajstić information content (AvgIpc) is 3.73. The van der Waals surface area contributed by atoms with Gasteiger partial charge in [0.05, 0.1) is 23.4 Å². The highest BCUT2D eigenvalue weighted by Crippen LogP contribution is 2.37. The number of aryl methyl sites for hydroxylation is 2. The molecule has 54 heavy (non-hydrogen) atoms. The predicted molar refractivity (Wildman–Crippen MR) is 202 cm³/mol. The van der Waals surface area contributed by atoms with Crippen LogP contribution < -0.4 is 19.9 Å². The van der Waals surface area contributed by atoms with Gasteiger partial charge < -0.3 is 19.5 Å². The number of nitrogens with one attached hydrogen (secondary N) is 2. The van der Waals surface area contributed by atoms with Gasteiger partial charge in [0, 0.05) is 81.9 Å². The lowest BCUT2D eigenvalue weighted by Crippen LogP contribution is -2.53. The highest BCUT2D eigenvalue weighted by molar-refractivity contribution is 6.32. The number of H-pyrrole nitrogens is 1. The number of nitrogens with zero attached hydrogens (tertiary/aromatic N) is 7. The molecule has 0 radical (unpaired) electrons. The molecular weight excluding hydrogens is 716 g/mol. The fraction of sp³-hybridized carbons (Fsp3) is 0.410. The third-order valence-electron chi connectivity index (χ3n) is 11.0. The van der Waals surface area contributed by atoms with Crippen molar-refractivity contribution in [3.63, 3.8) is 0 Å². The third-order valence-corrected chi connectivity index (χ3v) is 11.3. The topological polar surface area (TPSA) is 125 Å². The van der Waals surface area contributed by atoms with E-state index < -0.39 is 29.4 Å². The Morgan fingerprint density at radius 3 is 2.39 bits per heavy atom. The Morgan fingerprint density at radius 1 is 0.981 bits per heavy atom. The molecule has 0 saturated carbocycles. The van der Waals surface area contributed by atoms with Crippen molar-refractivity contribution in [1.82, 2.24) is 34.9 Å². The summed E-state index contributed by atoms with van der Waals surface area (Å²) in [4.78, 5) is 43.1. The molecule has 3 aromatic heterocycles. The lowest BCUT2D eigenvalue weighted by atomic mass is 9.89. The Kier molecular flexibility index (Phi) is 9.73. The minimum atomic E-state index is -0.998. The molecule has 282 valence electrons. The normalized spacial score (nSPS) is 20.2. The summed E-state index contributed by atoms with van der Waals surface area (Å²) in [5.41, 5.74) is 4.20. The van der Waals surface area contributed by atoms with E-state index in [1.807, 2.05) is 37.2 Å². The molecule has 3 aliphatic heterocycles. The largest absolute Gasteiger partial charge is 0.453 e. The second-order valence-electron chi connectivity index (χ2n) is 14.7. The first-order valence-corrected chi connectivity index (χ1v) is 18.8. The van der Waals surface area contributed by atoms with Crippen molar-refractivity contribution in [3.05, 3.63) is 76.7 Å². The fourth-order valence-corrected chi connectivity index (χ4v) is 8.26. The Morgan fingerprint density at radius 2 is 1.72 bits per heavy atom. The average molecular weight is 758 g/mol. The molecule has 0 spiro atoms. The first kappa shape index (κ1) is 35.9. The van der Waals surface area contributed by atoms with Gasteiger partial charge in [0.25, 0.3) is 0 Å². The van der Waals surface area contributed by atoms with Crippen molar-refractivity contribution in [2.24, 2.45) is 13.0 Å². The van der Waals surface area contributed by atoms with Gasteiger partial charge in [-0.3, -0.25) is 24.5 Å². The van der Waals surface area contributed by atoms with Crippen LogP contribution in [0.2, 0.25) is 5.02 Å². The SMILES string of the molecule is Cc1nn(C)cc1-c1nc2ncc(Cl)c(Oc3ccc(N4CCN(CC5CCN(c6cc(F)c([C@H]7CCC(=O)NC7=O)c(F)c6)CC5)[C@H](C)C4)cc3)c2[nH]1. The number of rotatable bonds is 8. The second-order valence-corrected chi connectivity index (χ2v) is 15.1. The number of hydrogen-bond acceptors (Lipinski definition) is 9. The van der Waals surface area contributed by atoms with Gasteiger partial charge in [-0.15, -0.1) is 0 Å². The quantitative estimate of drug-likeness (QED) is 0.175. The van der Waals surface area contributed by atoms with Crippen LogP contribution in [0.1, 0.15) is 49.8 Å². The number of hydrogen-bond donors (Lipinski definition) is 2. The number of imidazole rings is 1. The van der Waals surface area contributed by atoms with Crippen molar-refractivity contribution in [2.45, 2.75) is 51.5 Å². The van der Waals surface area contributed by atoms with E-state index in [0.29, 0.717) is 64.2 Å². The number of piperazine rings is 1. The summed E-state index contributed by atoms with van der Waals surface area (Å²) >= 11 is 6.57. The summed E-state index contributed by atoms with van der Waals surface area (Å²) < 4.78 is 38.4. The molecule has 0 unspecified atom stereocenters. The molecule has 2 atom stereocenters. The summed E-state index contributed by atoms with van der Waals surface area (Å²) in [5, 5.41) is 6.99. The zero-order valence-electron chi connectivity index (χ0n) is 30.4. The summed E-state index contributed by atoms with van der Waals surface area (Å²) in [6.07, 6.45) is 5.46. The maximum Gasteiger partial charge on any atom is 0.234 e. The van der Waals surface area contributed by atoms with Gasteiger partial charge in [-0.25, -0.2) is 18.7 Å². The van der Waals surface area contributed by atoms with Crippen LogP contribution in [-0.2, 0) is 16.6 Å². The minimum Gasteiger partial charge on any atom is -0.453 e. The fourth-order valence-electron chi connectivity index (χ4n) is 8.08. The molecule has 0 aliphatic carbocycles. The summed E-state index contributed by atoms with van der Waals surface area (Å²) in [7, 11) is 1.87. The summed E-state index contributed by atoms with van der Waals surface area (Å²) in [6.45, 7) is 9.28. The zero-order valence-corrected chi connectivity index (χ0v) is 31.2. The van der Waals surface area contributed by atoms with E-state index in [9.17, 15) is 9.59 Å². The number of aromatic amines is 1. The van der Waals surface area contributed by atoms with Gasteiger partial charge in [-0.05, 0) is 75.4 Å². The number of fused-ring (bicyclic) bond motifs is 1. The second kappa shape index (κ2) is 14.6. The molecule has 2 N–H and O–H groups in total. The smallest absolute Gasteiger partial charge is 0.234 e. The molecule has 15 heteroatoms. The van der Waals surface area contributed by atoms with Gasteiger partial charge in [-0.2, -0.15) is 5.10 Å². The lowest BCUT2D eigenvalue weighted by molar-refractivity contribution is -0.134. The van der Waals surface area contributed by atoms with Crippen LogP contribution in [-0.4, -0.2) is 86.8 Å². The summed E-state index contributed by atoms with van der Waals surface area (Å²) in [6, 6.07) is 11.0. The number of ether oxygens (including phenoxy) is 1. The van der Waals surface area contributed by atoms with Crippen molar-refractivity contribution >= 4 is 46.0 Å². The molecule has 2 aromatic carbocycles. The van der Waals surface area contributed by atoms with Crippen LogP contribution >= 0.6 is 11.6 Å². The lowest BCUT2D eigenvalue weighted by Gasteiger charge is -2.43. The predicted octanol–water partition coefficient (Wildman–Crippen LogP) is 6.34. The zero-order chi connectivity index (χ0) is 37.7. The number of carbonyl (C=O) groups is 2. The molecule has 3 aliphatic rings. The summed E-state index contributed by atoms with van der Waals surface area (Å²) in [5.74, 6) is -1.30.